The molecule has 3 rings (SSSR count). The van der Waals surface area contributed by atoms with Crippen LogP contribution in [0.3, 0.4) is 0 Å². The molecule has 1 heterocycles. The van der Waals surface area contributed by atoms with Crippen LogP contribution >= 0.6 is 11.6 Å². The van der Waals surface area contributed by atoms with E-state index in [9.17, 15) is 0 Å². The van der Waals surface area contributed by atoms with E-state index >= 15 is 0 Å². The first-order valence-corrected chi connectivity index (χ1v) is 6.55. The first-order chi connectivity index (χ1) is 9.26. The summed E-state index contributed by atoms with van der Waals surface area (Å²) in [4.78, 5) is 12.2. The highest BCUT2D eigenvalue weighted by Gasteiger charge is 2.25. The highest BCUT2D eigenvalue weighted by atomic mass is 35.5. The average Bonchev–Trinajstić information content (AvgIpc) is 2.39. The lowest BCUT2D eigenvalue weighted by atomic mass is 9.78. The summed E-state index contributed by atoms with van der Waals surface area (Å²) in [5.74, 6) is 1.50. The Labute approximate surface area is 116 Å². The van der Waals surface area contributed by atoms with Gasteiger partial charge in [0.2, 0.25) is 17.2 Å². The van der Waals surface area contributed by atoms with Gasteiger partial charge in [0.1, 0.15) is 0 Å². The predicted octanol–water partition coefficient (Wildman–Crippen LogP) is 2.32. The van der Waals surface area contributed by atoms with Gasteiger partial charge in [-0.25, -0.2) is 0 Å². The molecule has 5 nitrogen and oxygen atoms in total. The van der Waals surface area contributed by atoms with Crippen LogP contribution in [0, 0.1) is 0 Å². The fourth-order valence-corrected chi connectivity index (χ4v) is 2.46. The van der Waals surface area contributed by atoms with Crippen molar-refractivity contribution in [3.05, 3.63) is 40.7 Å². The molecule has 1 aromatic heterocycles. The van der Waals surface area contributed by atoms with Crippen LogP contribution in [0.15, 0.2) is 24.3 Å². The number of fused-ring (bicyclic) bond motifs is 1. The van der Waals surface area contributed by atoms with Crippen molar-refractivity contribution < 1.29 is 0 Å². The molecule has 0 fully saturated rings. The van der Waals surface area contributed by atoms with E-state index in [-0.39, 0.29) is 5.28 Å². The summed E-state index contributed by atoms with van der Waals surface area (Å²) in [6.45, 7) is 0.806. The van der Waals surface area contributed by atoms with Gasteiger partial charge in [0.25, 0.3) is 0 Å². The van der Waals surface area contributed by atoms with Gasteiger partial charge in [0.05, 0.1) is 0 Å². The van der Waals surface area contributed by atoms with E-state index in [0.29, 0.717) is 17.8 Å². The van der Waals surface area contributed by atoms with E-state index < -0.39 is 0 Å². The monoisotopic (exact) mass is 275 g/mol. The second-order valence-corrected chi connectivity index (χ2v) is 4.82. The smallest absolute Gasteiger partial charge is 0.228 e. The molecular weight excluding hydrogens is 262 g/mol. The Balaban J connectivity index is 1.66. The molecule has 0 radical (unpaired) electrons. The third-order valence-electron chi connectivity index (χ3n) is 3.30. The molecule has 98 valence electrons. The van der Waals surface area contributed by atoms with Crippen molar-refractivity contribution in [1.29, 1.82) is 0 Å². The normalized spacial score (nSPS) is 16.4. The Bertz CT molecular complexity index is 601. The maximum atomic E-state index is 5.83. The number of benzene rings is 1. The van der Waals surface area contributed by atoms with Crippen molar-refractivity contribution in [3.63, 3.8) is 0 Å². The SMILES string of the molecule is CNc1nc(Cl)nc(NCC2Cc3ccccc32)n1. The predicted molar refractivity (Wildman–Crippen MR) is 75.8 cm³/mol. The molecule has 1 atom stereocenters. The number of anilines is 2. The molecule has 1 aliphatic rings. The minimum absolute atomic E-state index is 0.191. The summed E-state index contributed by atoms with van der Waals surface area (Å²) in [6, 6.07) is 8.49. The van der Waals surface area contributed by atoms with Crippen molar-refractivity contribution in [1.82, 2.24) is 15.0 Å². The van der Waals surface area contributed by atoms with Gasteiger partial charge in [0.15, 0.2) is 0 Å². The Kier molecular flexibility index (Phi) is 3.21. The maximum absolute atomic E-state index is 5.83. The summed E-state index contributed by atoms with van der Waals surface area (Å²) in [6.07, 6.45) is 1.10. The van der Waals surface area contributed by atoms with Crippen molar-refractivity contribution >= 4 is 23.5 Å². The second-order valence-electron chi connectivity index (χ2n) is 4.48. The van der Waals surface area contributed by atoms with Crippen molar-refractivity contribution in [2.75, 3.05) is 24.2 Å². The van der Waals surface area contributed by atoms with Crippen LogP contribution in [0.5, 0.6) is 0 Å². The molecule has 0 amide bonds. The molecule has 2 aromatic rings. The van der Waals surface area contributed by atoms with E-state index in [1.807, 2.05) is 0 Å². The standard InChI is InChI=1S/C13H14ClN5/c1-15-12-17-11(14)18-13(19-12)16-7-9-6-8-4-2-3-5-10(8)9/h2-5,9H,6-7H2,1H3,(H2,15,16,17,18,19). The van der Waals surface area contributed by atoms with Crippen LogP contribution in [0.1, 0.15) is 17.0 Å². The lowest BCUT2D eigenvalue weighted by Crippen LogP contribution is -2.25. The number of nitrogens with one attached hydrogen (secondary N) is 2. The molecule has 19 heavy (non-hydrogen) atoms. The van der Waals surface area contributed by atoms with Gasteiger partial charge in [-0.3, -0.25) is 0 Å². The summed E-state index contributed by atoms with van der Waals surface area (Å²) >= 11 is 5.83. The first-order valence-electron chi connectivity index (χ1n) is 6.17. The lowest BCUT2D eigenvalue weighted by Gasteiger charge is -2.30. The average molecular weight is 276 g/mol. The molecule has 0 spiro atoms. The molecule has 0 aliphatic heterocycles. The van der Waals surface area contributed by atoms with Crippen LogP contribution in [0.2, 0.25) is 5.28 Å². The lowest BCUT2D eigenvalue weighted by molar-refractivity contribution is 0.633. The largest absolute Gasteiger partial charge is 0.357 e. The quantitative estimate of drug-likeness (QED) is 0.897. The summed E-state index contributed by atoms with van der Waals surface area (Å²) in [5.41, 5.74) is 2.84. The Morgan fingerprint density at radius 1 is 1.21 bits per heavy atom. The number of hydrogen-bond donors (Lipinski definition) is 2. The Hall–Kier alpha value is -1.88. The van der Waals surface area contributed by atoms with E-state index in [1.54, 1.807) is 7.05 Å². The van der Waals surface area contributed by atoms with Crippen LogP contribution < -0.4 is 10.6 Å². The Morgan fingerprint density at radius 2 is 2.00 bits per heavy atom. The van der Waals surface area contributed by atoms with Gasteiger partial charge in [-0.2, -0.15) is 15.0 Å². The van der Waals surface area contributed by atoms with E-state index in [0.717, 1.165) is 13.0 Å². The van der Waals surface area contributed by atoms with Gasteiger partial charge < -0.3 is 10.6 Å². The van der Waals surface area contributed by atoms with Crippen molar-refractivity contribution in [2.45, 2.75) is 12.3 Å². The number of rotatable bonds is 4. The minimum Gasteiger partial charge on any atom is -0.357 e. The highest BCUT2D eigenvalue weighted by Crippen LogP contribution is 2.34. The van der Waals surface area contributed by atoms with Gasteiger partial charge in [-0.1, -0.05) is 24.3 Å². The van der Waals surface area contributed by atoms with Crippen LogP contribution in [-0.2, 0) is 6.42 Å². The van der Waals surface area contributed by atoms with E-state index in [1.165, 1.54) is 11.1 Å². The zero-order valence-electron chi connectivity index (χ0n) is 10.5. The van der Waals surface area contributed by atoms with E-state index in [2.05, 4.69) is 49.9 Å². The molecule has 2 N–H and O–H groups in total. The van der Waals surface area contributed by atoms with Gasteiger partial charge in [-0.05, 0) is 29.1 Å². The highest BCUT2D eigenvalue weighted by molar-refractivity contribution is 6.28. The van der Waals surface area contributed by atoms with Gasteiger partial charge >= 0.3 is 0 Å². The molecule has 0 saturated carbocycles. The van der Waals surface area contributed by atoms with Crippen molar-refractivity contribution in [3.8, 4) is 0 Å². The fraction of sp³-hybridized carbons (Fsp3) is 0.308. The van der Waals surface area contributed by atoms with Gasteiger partial charge in [0, 0.05) is 19.5 Å². The molecule has 6 heteroatoms. The number of aromatic nitrogens is 3. The van der Waals surface area contributed by atoms with Crippen LogP contribution in [0.25, 0.3) is 0 Å². The number of nitrogens with zero attached hydrogens (tertiary/aromatic N) is 3. The van der Waals surface area contributed by atoms with E-state index in [4.69, 9.17) is 11.6 Å². The minimum atomic E-state index is 0.191. The second kappa shape index (κ2) is 5.01. The van der Waals surface area contributed by atoms with Crippen LogP contribution in [0.4, 0.5) is 11.9 Å². The van der Waals surface area contributed by atoms with Crippen molar-refractivity contribution in [2.24, 2.45) is 0 Å². The van der Waals surface area contributed by atoms with Gasteiger partial charge in [-0.15, -0.1) is 0 Å². The zero-order chi connectivity index (χ0) is 13.2. The molecule has 0 saturated heterocycles. The Morgan fingerprint density at radius 3 is 2.79 bits per heavy atom. The topological polar surface area (TPSA) is 62.7 Å². The summed E-state index contributed by atoms with van der Waals surface area (Å²) in [5, 5.41) is 6.26. The number of hydrogen-bond acceptors (Lipinski definition) is 5. The maximum Gasteiger partial charge on any atom is 0.228 e. The zero-order valence-corrected chi connectivity index (χ0v) is 11.3. The molecule has 0 bridgehead atoms. The first kappa shape index (κ1) is 12.2. The fourth-order valence-electron chi connectivity index (χ4n) is 2.30. The third-order valence-corrected chi connectivity index (χ3v) is 3.47. The molecule has 1 aromatic carbocycles. The van der Waals surface area contributed by atoms with Crippen LogP contribution in [-0.4, -0.2) is 28.5 Å². The summed E-state index contributed by atoms with van der Waals surface area (Å²) in [7, 11) is 1.75. The third kappa shape index (κ3) is 2.46. The number of halogens is 1. The molecular formula is C13H14ClN5. The molecule has 1 unspecified atom stereocenters. The molecule has 1 aliphatic carbocycles. The summed E-state index contributed by atoms with van der Waals surface area (Å²) < 4.78 is 0.